The van der Waals surface area contributed by atoms with Gasteiger partial charge in [0.2, 0.25) is 0 Å². The summed E-state index contributed by atoms with van der Waals surface area (Å²) in [5, 5.41) is 11.2. The summed E-state index contributed by atoms with van der Waals surface area (Å²) >= 11 is 0. The van der Waals surface area contributed by atoms with Gasteiger partial charge in [-0.25, -0.2) is 19.7 Å². The summed E-state index contributed by atoms with van der Waals surface area (Å²) in [4.78, 5) is 24.8. The molecule has 8 nitrogen and oxygen atoms in total. The van der Waals surface area contributed by atoms with E-state index in [0.717, 1.165) is 46.5 Å². The maximum atomic E-state index is 10.8. The van der Waals surface area contributed by atoms with Gasteiger partial charge in [-0.05, 0) is 54.8 Å². The van der Waals surface area contributed by atoms with E-state index in [9.17, 15) is 4.79 Å². The maximum absolute atomic E-state index is 10.8. The number of pyridine rings is 2. The van der Waals surface area contributed by atoms with Crippen LogP contribution in [0.1, 0.15) is 31.0 Å². The Kier molecular flexibility index (Phi) is 4.35. The van der Waals surface area contributed by atoms with Crippen LogP contribution >= 0.6 is 0 Å². The van der Waals surface area contributed by atoms with E-state index in [1.807, 2.05) is 47.0 Å². The highest BCUT2D eigenvalue weighted by Gasteiger charge is 2.40. The molecule has 31 heavy (non-hydrogen) atoms. The number of carbonyl (C=O) groups is 1. The minimum absolute atomic E-state index is 0.128. The number of hydrogen-bond donors (Lipinski definition) is 3. The zero-order chi connectivity index (χ0) is 21.6. The first-order valence-electron chi connectivity index (χ1n) is 10.1. The number of fused-ring (bicyclic) bond motifs is 1. The minimum atomic E-state index is -1.05. The van der Waals surface area contributed by atoms with Crippen LogP contribution in [0.2, 0.25) is 0 Å². The van der Waals surface area contributed by atoms with Crippen LogP contribution in [0.25, 0.3) is 28.2 Å². The molecule has 0 radical (unpaired) electrons. The summed E-state index contributed by atoms with van der Waals surface area (Å²) < 4.78 is 1.99. The van der Waals surface area contributed by atoms with E-state index in [4.69, 9.17) is 20.8 Å². The van der Waals surface area contributed by atoms with Crippen LogP contribution in [0.3, 0.4) is 0 Å². The molecule has 1 fully saturated rings. The molecule has 1 aromatic carbocycles. The molecule has 0 atom stereocenters. The predicted molar refractivity (Wildman–Crippen MR) is 118 cm³/mol. The van der Waals surface area contributed by atoms with Gasteiger partial charge < -0.3 is 16.2 Å². The number of nitrogens with one attached hydrogen (secondary N) is 1. The summed E-state index contributed by atoms with van der Waals surface area (Å²) in [6.07, 6.45) is 2.87. The Balaban J connectivity index is 1.67. The van der Waals surface area contributed by atoms with E-state index in [2.05, 4.69) is 23.3 Å². The van der Waals surface area contributed by atoms with E-state index < -0.39 is 6.09 Å². The Bertz CT molecular complexity index is 1290. The second-order valence-corrected chi connectivity index (χ2v) is 8.13. The number of nitrogen functional groups attached to an aromatic ring is 1. The first-order chi connectivity index (χ1) is 14.9. The van der Waals surface area contributed by atoms with Gasteiger partial charge in [-0.3, -0.25) is 4.57 Å². The van der Waals surface area contributed by atoms with E-state index >= 15 is 0 Å². The number of aromatic nitrogens is 4. The smallest absolute Gasteiger partial charge is 0.404 e. The SMILES string of the molecule is CC1(c2ccc3nc(-c4cccnc4N)n(-c4ccc(CNC(=O)O)cc4)c3n2)CC1. The molecule has 4 N–H and O–H groups in total. The Labute approximate surface area is 178 Å². The lowest BCUT2D eigenvalue weighted by Gasteiger charge is -2.12. The Morgan fingerprint density at radius 3 is 2.61 bits per heavy atom. The Morgan fingerprint density at radius 1 is 1.16 bits per heavy atom. The molecule has 0 bridgehead atoms. The van der Waals surface area contributed by atoms with Crippen molar-refractivity contribution in [2.75, 3.05) is 5.73 Å². The highest BCUT2D eigenvalue weighted by Crippen LogP contribution is 2.47. The molecule has 3 heterocycles. The van der Waals surface area contributed by atoms with Crippen molar-refractivity contribution in [2.24, 2.45) is 0 Å². The fourth-order valence-electron chi connectivity index (χ4n) is 3.71. The number of nitrogens with zero attached hydrogens (tertiary/aromatic N) is 4. The zero-order valence-electron chi connectivity index (χ0n) is 17.0. The number of imidazole rings is 1. The van der Waals surface area contributed by atoms with Gasteiger partial charge in [0, 0.05) is 29.5 Å². The van der Waals surface area contributed by atoms with E-state index in [0.29, 0.717) is 11.6 Å². The van der Waals surface area contributed by atoms with Gasteiger partial charge in [0.15, 0.2) is 11.5 Å². The molecule has 3 aromatic heterocycles. The molecular weight excluding hydrogens is 392 g/mol. The summed E-state index contributed by atoms with van der Waals surface area (Å²) in [5.74, 6) is 1.07. The summed E-state index contributed by atoms with van der Waals surface area (Å²) in [7, 11) is 0. The van der Waals surface area contributed by atoms with Crippen LogP contribution in [0.15, 0.2) is 54.7 Å². The first kappa shape index (κ1) is 19.0. The number of amides is 1. The Hall–Kier alpha value is -3.94. The van der Waals surface area contributed by atoms with E-state index in [-0.39, 0.29) is 12.0 Å². The molecule has 0 unspecified atom stereocenters. The van der Waals surface area contributed by atoms with E-state index in [1.165, 1.54) is 0 Å². The zero-order valence-corrected chi connectivity index (χ0v) is 17.0. The van der Waals surface area contributed by atoms with Gasteiger partial charge in [0.1, 0.15) is 11.3 Å². The normalized spacial score (nSPS) is 14.5. The van der Waals surface area contributed by atoms with Crippen LogP contribution in [0.4, 0.5) is 10.6 Å². The van der Waals surface area contributed by atoms with Crippen molar-refractivity contribution in [3.63, 3.8) is 0 Å². The average Bonchev–Trinajstić information content (AvgIpc) is 3.41. The first-order valence-corrected chi connectivity index (χ1v) is 10.1. The number of hydrogen-bond acceptors (Lipinski definition) is 5. The van der Waals surface area contributed by atoms with Gasteiger partial charge in [0.05, 0.1) is 5.56 Å². The summed E-state index contributed by atoms with van der Waals surface area (Å²) in [5.41, 5.74) is 11.4. The van der Waals surface area contributed by atoms with Crippen molar-refractivity contribution in [1.29, 1.82) is 0 Å². The van der Waals surface area contributed by atoms with Crippen LogP contribution < -0.4 is 11.1 Å². The standard InChI is InChI=1S/C23H22N6O2/c1-23(10-11-23)18-9-8-17-21(28-18)29(20(27-17)16-3-2-12-25-19(16)24)15-6-4-14(5-7-15)13-26-22(30)31/h2-9,12,26H,10-11,13H2,1H3,(H2,24,25)(H,30,31). The fraction of sp³-hybridized carbons (Fsp3) is 0.217. The Morgan fingerprint density at radius 2 is 1.94 bits per heavy atom. The van der Waals surface area contributed by atoms with Gasteiger partial charge in [-0.1, -0.05) is 19.1 Å². The fourth-order valence-corrected chi connectivity index (χ4v) is 3.71. The number of anilines is 1. The molecular formula is C23H22N6O2. The lowest BCUT2D eigenvalue weighted by atomic mass is 10.1. The van der Waals surface area contributed by atoms with Crippen molar-refractivity contribution in [2.45, 2.75) is 31.7 Å². The van der Waals surface area contributed by atoms with Gasteiger partial charge in [-0.15, -0.1) is 0 Å². The molecule has 1 aliphatic rings. The predicted octanol–water partition coefficient (Wildman–Crippen LogP) is 3.88. The molecule has 8 heteroatoms. The number of rotatable bonds is 5. The molecule has 0 saturated heterocycles. The minimum Gasteiger partial charge on any atom is -0.465 e. The van der Waals surface area contributed by atoms with Crippen molar-refractivity contribution in [1.82, 2.24) is 24.8 Å². The average molecular weight is 414 g/mol. The molecule has 1 aliphatic carbocycles. The van der Waals surface area contributed by atoms with Crippen LogP contribution in [0.5, 0.6) is 0 Å². The summed E-state index contributed by atoms with van der Waals surface area (Å²) in [6, 6.07) is 15.4. The molecule has 1 amide bonds. The van der Waals surface area contributed by atoms with Crippen molar-refractivity contribution < 1.29 is 9.90 Å². The maximum Gasteiger partial charge on any atom is 0.404 e. The van der Waals surface area contributed by atoms with Crippen molar-refractivity contribution in [3.05, 3.63) is 66.0 Å². The third-order valence-electron chi connectivity index (χ3n) is 5.84. The van der Waals surface area contributed by atoms with Crippen LogP contribution in [-0.2, 0) is 12.0 Å². The quantitative estimate of drug-likeness (QED) is 0.456. The molecule has 4 aromatic rings. The summed E-state index contributed by atoms with van der Waals surface area (Å²) in [6.45, 7) is 2.47. The lowest BCUT2D eigenvalue weighted by molar-refractivity contribution is 0.194. The van der Waals surface area contributed by atoms with Gasteiger partial charge in [-0.2, -0.15) is 0 Å². The third kappa shape index (κ3) is 3.46. The largest absolute Gasteiger partial charge is 0.465 e. The van der Waals surface area contributed by atoms with Crippen molar-refractivity contribution in [3.8, 4) is 17.1 Å². The van der Waals surface area contributed by atoms with Gasteiger partial charge >= 0.3 is 6.09 Å². The lowest BCUT2D eigenvalue weighted by Crippen LogP contribution is -2.19. The monoisotopic (exact) mass is 414 g/mol. The van der Waals surface area contributed by atoms with Crippen LogP contribution in [0, 0.1) is 0 Å². The second kappa shape index (κ2) is 7.09. The molecule has 0 spiro atoms. The van der Waals surface area contributed by atoms with E-state index in [1.54, 1.807) is 6.20 Å². The van der Waals surface area contributed by atoms with Gasteiger partial charge in [0.25, 0.3) is 0 Å². The molecule has 156 valence electrons. The number of carboxylic acid groups (broad SMARTS) is 1. The highest BCUT2D eigenvalue weighted by atomic mass is 16.4. The topological polar surface area (TPSA) is 119 Å². The molecule has 0 aliphatic heterocycles. The number of benzene rings is 1. The highest BCUT2D eigenvalue weighted by molar-refractivity contribution is 5.83. The second-order valence-electron chi connectivity index (χ2n) is 8.13. The molecule has 1 saturated carbocycles. The molecule has 5 rings (SSSR count). The van der Waals surface area contributed by atoms with Crippen LogP contribution in [-0.4, -0.2) is 30.7 Å². The van der Waals surface area contributed by atoms with Crippen molar-refractivity contribution >= 4 is 23.1 Å². The number of nitrogens with two attached hydrogens (primary N) is 1. The third-order valence-corrected chi connectivity index (χ3v) is 5.84.